The van der Waals surface area contributed by atoms with Crippen LogP contribution in [0.2, 0.25) is 0 Å². The van der Waals surface area contributed by atoms with Crippen LogP contribution in [0.5, 0.6) is 0 Å². The molecule has 0 saturated heterocycles. The largest absolute Gasteiger partial charge is 0.481 e. The van der Waals surface area contributed by atoms with E-state index in [-0.39, 0.29) is 5.56 Å². The Hall–Kier alpha value is -0.900. The molecule has 0 unspecified atom stereocenters. The van der Waals surface area contributed by atoms with Crippen LogP contribution in [0, 0.1) is 5.82 Å². The number of carbonyl (C=O) groups is 1. The van der Waals surface area contributed by atoms with Gasteiger partial charge in [0.25, 0.3) is 0 Å². The van der Waals surface area contributed by atoms with Gasteiger partial charge in [0, 0.05) is 10.0 Å². The molecule has 74 valence electrons. The minimum atomic E-state index is -0.982. The molecule has 0 atom stereocenters. The molecule has 0 aliphatic heterocycles. The highest BCUT2D eigenvalue weighted by atomic mass is 79.9. The summed E-state index contributed by atoms with van der Waals surface area (Å²) in [6.07, 6.45) is 1.03. The SMILES string of the molecule is O=C(O)C1(c2c(F)cccc2Br)CC1. The third kappa shape index (κ3) is 1.25. The summed E-state index contributed by atoms with van der Waals surface area (Å²) in [5.41, 5.74) is -0.697. The summed E-state index contributed by atoms with van der Waals surface area (Å²) in [7, 11) is 0. The van der Waals surface area contributed by atoms with E-state index in [9.17, 15) is 9.18 Å². The smallest absolute Gasteiger partial charge is 0.314 e. The summed E-state index contributed by atoms with van der Waals surface area (Å²) >= 11 is 3.19. The first kappa shape index (κ1) is 9.65. The van der Waals surface area contributed by atoms with E-state index in [1.54, 1.807) is 12.1 Å². The van der Waals surface area contributed by atoms with Crippen molar-refractivity contribution in [1.29, 1.82) is 0 Å². The second-order valence-corrected chi connectivity index (χ2v) is 4.34. The van der Waals surface area contributed by atoms with Gasteiger partial charge in [-0.1, -0.05) is 22.0 Å². The van der Waals surface area contributed by atoms with Crippen LogP contribution in [0.15, 0.2) is 22.7 Å². The van der Waals surface area contributed by atoms with Crippen molar-refractivity contribution in [2.24, 2.45) is 0 Å². The average molecular weight is 259 g/mol. The van der Waals surface area contributed by atoms with E-state index in [0.29, 0.717) is 17.3 Å². The Bertz CT molecular complexity index is 379. The van der Waals surface area contributed by atoms with Crippen LogP contribution in [0.4, 0.5) is 4.39 Å². The molecular formula is C10H8BrFO2. The number of carboxylic acid groups (broad SMARTS) is 1. The fourth-order valence-corrected chi connectivity index (χ4v) is 2.37. The van der Waals surface area contributed by atoms with Gasteiger partial charge in [-0.05, 0) is 25.0 Å². The van der Waals surface area contributed by atoms with Crippen molar-refractivity contribution in [3.63, 3.8) is 0 Å². The molecule has 1 aromatic rings. The number of aliphatic carboxylic acids is 1. The van der Waals surface area contributed by atoms with Crippen LogP contribution in [-0.2, 0) is 10.2 Å². The molecule has 1 N–H and O–H groups in total. The zero-order chi connectivity index (χ0) is 10.3. The number of rotatable bonds is 2. The molecule has 1 aliphatic carbocycles. The fourth-order valence-electron chi connectivity index (χ4n) is 1.65. The molecule has 4 heteroatoms. The van der Waals surface area contributed by atoms with E-state index in [4.69, 9.17) is 5.11 Å². The molecule has 0 spiro atoms. The van der Waals surface area contributed by atoms with Gasteiger partial charge >= 0.3 is 5.97 Å². The highest BCUT2D eigenvalue weighted by Gasteiger charge is 2.54. The minimum Gasteiger partial charge on any atom is -0.481 e. The molecule has 0 bridgehead atoms. The van der Waals surface area contributed by atoms with Crippen molar-refractivity contribution < 1.29 is 14.3 Å². The van der Waals surface area contributed by atoms with Gasteiger partial charge in [-0.2, -0.15) is 0 Å². The molecular weight excluding hydrogens is 251 g/mol. The number of hydrogen-bond donors (Lipinski definition) is 1. The van der Waals surface area contributed by atoms with Crippen molar-refractivity contribution in [3.05, 3.63) is 34.1 Å². The molecule has 0 amide bonds. The maximum absolute atomic E-state index is 13.5. The van der Waals surface area contributed by atoms with Crippen molar-refractivity contribution in [2.45, 2.75) is 18.3 Å². The minimum absolute atomic E-state index is 0.285. The van der Waals surface area contributed by atoms with E-state index < -0.39 is 17.2 Å². The van der Waals surface area contributed by atoms with Crippen LogP contribution in [0.1, 0.15) is 18.4 Å². The van der Waals surface area contributed by atoms with Crippen LogP contribution in [0.25, 0.3) is 0 Å². The molecule has 1 saturated carbocycles. The van der Waals surface area contributed by atoms with E-state index in [1.807, 2.05) is 0 Å². The monoisotopic (exact) mass is 258 g/mol. The lowest BCUT2D eigenvalue weighted by molar-refractivity contribution is -0.140. The highest BCUT2D eigenvalue weighted by molar-refractivity contribution is 9.10. The molecule has 1 fully saturated rings. The van der Waals surface area contributed by atoms with Gasteiger partial charge in [-0.3, -0.25) is 4.79 Å². The standard InChI is InChI=1S/C10H8BrFO2/c11-6-2-1-3-7(12)8(6)10(4-5-10)9(13)14/h1-3H,4-5H2,(H,13,14). The molecule has 0 aromatic heterocycles. The third-order valence-electron chi connectivity index (χ3n) is 2.60. The van der Waals surface area contributed by atoms with E-state index >= 15 is 0 Å². The highest BCUT2D eigenvalue weighted by Crippen LogP contribution is 2.51. The third-order valence-corrected chi connectivity index (χ3v) is 3.26. The molecule has 2 nitrogen and oxygen atoms in total. The summed E-state index contributed by atoms with van der Waals surface area (Å²) in [4.78, 5) is 11.0. The summed E-state index contributed by atoms with van der Waals surface area (Å²) in [5.74, 6) is -1.39. The Morgan fingerprint density at radius 1 is 1.50 bits per heavy atom. The van der Waals surface area contributed by atoms with E-state index in [2.05, 4.69) is 15.9 Å². The Labute approximate surface area is 88.9 Å². The quantitative estimate of drug-likeness (QED) is 0.886. The van der Waals surface area contributed by atoms with Gasteiger partial charge in [0.15, 0.2) is 0 Å². The van der Waals surface area contributed by atoms with Crippen molar-refractivity contribution in [2.75, 3.05) is 0 Å². The van der Waals surface area contributed by atoms with Crippen molar-refractivity contribution >= 4 is 21.9 Å². The topological polar surface area (TPSA) is 37.3 Å². The lowest BCUT2D eigenvalue weighted by atomic mass is 9.96. The van der Waals surface area contributed by atoms with Crippen molar-refractivity contribution in [1.82, 2.24) is 0 Å². The van der Waals surface area contributed by atoms with Crippen LogP contribution in [-0.4, -0.2) is 11.1 Å². The van der Waals surface area contributed by atoms with Crippen LogP contribution >= 0.6 is 15.9 Å². The zero-order valence-corrected chi connectivity index (χ0v) is 8.84. The van der Waals surface area contributed by atoms with Gasteiger partial charge in [0.2, 0.25) is 0 Å². The zero-order valence-electron chi connectivity index (χ0n) is 7.26. The van der Waals surface area contributed by atoms with Gasteiger partial charge in [0.05, 0.1) is 5.41 Å². The Balaban J connectivity index is 2.56. The molecule has 2 rings (SSSR count). The predicted molar refractivity (Wildman–Crippen MR) is 52.6 cm³/mol. The van der Waals surface area contributed by atoms with Gasteiger partial charge in [0.1, 0.15) is 5.82 Å². The molecule has 0 radical (unpaired) electrons. The fraction of sp³-hybridized carbons (Fsp3) is 0.300. The molecule has 1 aromatic carbocycles. The molecule has 0 heterocycles. The Kier molecular flexibility index (Phi) is 2.10. The number of benzene rings is 1. The second-order valence-electron chi connectivity index (χ2n) is 3.48. The maximum Gasteiger partial charge on any atom is 0.314 e. The van der Waals surface area contributed by atoms with Crippen LogP contribution in [0.3, 0.4) is 0 Å². The first-order valence-corrected chi connectivity index (χ1v) is 5.05. The maximum atomic E-state index is 13.5. The number of carboxylic acids is 1. The first-order chi connectivity index (χ1) is 6.58. The summed E-state index contributed by atoms with van der Waals surface area (Å²) in [6.45, 7) is 0. The lowest BCUT2D eigenvalue weighted by Gasteiger charge is -2.12. The van der Waals surface area contributed by atoms with Gasteiger partial charge in [-0.15, -0.1) is 0 Å². The summed E-state index contributed by atoms with van der Waals surface area (Å²) < 4.78 is 14.0. The van der Waals surface area contributed by atoms with E-state index in [1.165, 1.54) is 6.07 Å². The van der Waals surface area contributed by atoms with Gasteiger partial charge in [-0.25, -0.2) is 4.39 Å². The lowest BCUT2D eigenvalue weighted by Crippen LogP contribution is -2.21. The van der Waals surface area contributed by atoms with Gasteiger partial charge < -0.3 is 5.11 Å². The molecule has 1 aliphatic rings. The predicted octanol–water partition coefficient (Wildman–Crippen LogP) is 2.70. The Morgan fingerprint density at radius 2 is 2.14 bits per heavy atom. The normalized spacial score (nSPS) is 17.9. The first-order valence-electron chi connectivity index (χ1n) is 4.26. The second kappa shape index (κ2) is 3.05. The Morgan fingerprint density at radius 3 is 2.57 bits per heavy atom. The average Bonchev–Trinajstić information content (AvgIpc) is 2.85. The molecule has 14 heavy (non-hydrogen) atoms. The van der Waals surface area contributed by atoms with E-state index in [0.717, 1.165) is 0 Å². The number of hydrogen-bond acceptors (Lipinski definition) is 1. The summed E-state index contributed by atoms with van der Waals surface area (Å²) in [5, 5.41) is 9.02. The summed E-state index contributed by atoms with van der Waals surface area (Å²) in [6, 6.07) is 4.52. The van der Waals surface area contributed by atoms with Crippen molar-refractivity contribution in [3.8, 4) is 0 Å². The van der Waals surface area contributed by atoms with Crippen LogP contribution < -0.4 is 0 Å². The number of halogens is 2.